The molecule has 4 unspecified atom stereocenters. The Kier molecular flexibility index (Phi) is 4.04. The topological polar surface area (TPSA) is 35.8 Å². The van der Waals surface area contributed by atoms with Crippen molar-refractivity contribution >= 4 is 0 Å². The van der Waals surface area contributed by atoms with E-state index in [2.05, 4.69) is 38.2 Å². The van der Waals surface area contributed by atoms with Gasteiger partial charge in [0.05, 0.1) is 11.6 Å². The quantitative estimate of drug-likeness (QED) is 0.878. The average Bonchev–Trinajstić information content (AvgIpc) is 2.71. The Morgan fingerprint density at radius 1 is 1.33 bits per heavy atom. The lowest BCUT2D eigenvalue weighted by atomic mass is 9.96. The van der Waals surface area contributed by atoms with E-state index in [-0.39, 0.29) is 0 Å². The summed E-state index contributed by atoms with van der Waals surface area (Å²) in [5, 5.41) is 12.7. The lowest BCUT2D eigenvalue weighted by molar-refractivity contribution is 0.347. The molecule has 0 bridgehead atoms. The highest BCUT2D eigenvalue weighted by atomic mass is 15.0. The van der Waals surface area contributed by atoms with Crippen LogP contribution in [-0.2, 0) is 0 Å². The van der Waals surface area contributed by atoms with Gasteiger partial charge < -0.3 is 5.32 Å². The highest BCUT2D eigenvalue weighted by Crippen LogP contribution is 2.32. The first-order valence-corrected chi connectivity index (χ1v) is 6.88. The summed E-state index contributed by atoms with van der Waals surface area (Å²) in [5.74, 6) is 1.56. The molecule has 2 heteroatoms. The molecular formula is C16H22N2. The van der Waals surface area contributed by atoms with Crippen LogP contribution in [0.4, 0.5) is 0 Å². The molecule has 1 aromatic rings. The van der Waals surface area contributed by atoms with Crippen molar-refractivity contribution in [3.63, 3.8) is 0 Å². The second kappa shape index (κ2) is 5.54. The predicted octanol–water partition coefficient (Wildman–Crippen LogP) is 3.64. The van der Waals surface area contributed by atoms with E-state index in [0.29, 0.717) is 12.1 Å². The van der Waals surface area contributed by atoms with Crippen LogP contribution in [0.15, 0.2) is 24.3 Å². The van der Waals surface area contributed by atoms with Crippen LogP contribution in [-0.4, -0.2) is 6.04 Å². The fraction of sp³-hybridized carbons (Fsp3) is 0.562. The van der Waals surface area contributed by atoms with Crippen LogP contribution < -0.4 is 5.32 Å². The zero-order valence-electron chi connectivity index (χ0n) is 11.5. The predicted molar refractivity (Wildman–Crippen MR) is 74.1 cm³/mol. The van der Waals surface area contributed by atoms with Gasteiger partial charge in [-0.3, -0.25) is 0 Å². The molecule has 1 aliphatic carbocycles. The number of benzene rings is 1. The van der Waals surface area contributed by atoms with Gasteiger partial charge in [-0.1, -0.05) is 26.0 Å². The van der Waals surface area contributed by atoms with Crippen molar-refractivity contribution in [2.45, 2.75) is 45.7 Å². The zero-order valence-corrected chi connectivity index (χ0v) is 11.5. The summed E-state index contributed by atoms with van der Waals surface area (Å²) in [6.07, 6.45) is 2.59. The summed E-state index contributed by atoms with van der Waals surface area (Å²) < 4.78 is 0. The second-order valence-electron chi connectivity index (χ2n) is 5.65. The third-order valence-corrected chi connectivity index (χ3v) is 4.45. The molecule has 0 heterocycles. The molecule has 0 aromatic heterocycles. The highest BCUT2D eigenvalue weighted by molar-refractivity contribution is 5.34. The fourth-order valence-electron chi connectivity index (χ4n) is 2.89. The molecule has 2 nitrogen and oxygen atoms in total. The summed E-state index contributed by atoms with van der Waals surface area (Å²) >= 11 is 0. The minimum Gasteiger partial charge on any atom is -0.307 e. The van der Waals surface area contributed by atoms with Gasteiger partial charge in [0.2, 0.25) is 0 Å². The van der Waals surface area contributed by atoms with Crippen molar-refractivity contribution < 1.29 is 0 Å². The second-order valence-corrected chi connectivity index (χ2v) is 5.65. The Labute approximate surface area is 110 Å². The van der Waals surface area contributed by atoms with Gasteiger partial charge >= 0.3 is 0 Å². The van der Waals surface area contributed by atoms with E-state index in [1.54, 1.807) is 0 Å². The number of nitrogens with one attached hydrogen (secondary N) is 1. The molecule has 1 fully saturated rings. The van der Waals surface area contributed by atoms with Crippen LogP contribution in [0.2, 0.25) is 0 Å². The molecule has 1 N–H and O–H groups in total. The van der Waals surface area contributed by atoms with Crippen molar-refractivity contribution in [3.05, 3.63) is 35.4 Å². The third kappa shape index (κ3) is 2.73. The van der Waals surface area contributed by atoms with E-state index in [1.165, 1.54) is 18.4 Å². The van der Waals surface area contributed by atoms with E-state index in [0.717, 1.165) is 17.4 Å². The largest absolute Gasteiger partial charge is 0.307 e. The van der Waals surface area contributed by atoms with Crippen molar-refractivity contribution in [1.29, 1.82) is 5.26 Å². The number of hydrogen-bond acceptors (Lipinski definition) is 2. The van der Waals surface area contributed by atoms with Crippen molar-refractivity contribution in [3.8, 4) is 6.07 Å². The normalized spacial score (nSPS) is 28.9. The standard InChI is InChI=1S/C16H22N2/c1-11-7-8-16(12(11)2)18-13(3)15-6-4-5-14(9-15)10-17/h4-6,9,11-13,16,18H,7-8H2,1-3H3. The van der Waals surface area contributed by atoms with Gasteiger partial charge in [-0.2, -0.15) is 5.26 Å². The van der Waals surface area contributed by atoms with Crippen LogP contribution in [0.5, 0.6) is 0 Å². The first kappa shape index (κ1) is 13.1. The SMILES string of the molecule is CC(NC1CCC(C)C1C)c1cccc(C#N)c1. The molecule has 18 heavy (non-hydrogen) atoms. The molecule has 1 aromatic carbocycles. The van der Waals surface area contributed by atoms with Gasteiger partial charge in [0.15, 0.2) is 0 Å². The maximum Gasteiger partial charge on any atom is 0.0991 e. The Hall–Kier alpha value is -1.33. The summed E-state index contributed by atoms with van der Waals surface area (Å²) in [7, 11) is 0. The van der Waals surface area contributed by atoms with Crippen molar-refractivity contribution in [2.24, 2.45) is 11.8 Å². The van der Waals surface area contributed by atoms with Crippen LogP contribution in [0.1, 0.15) is 50.8 Å². The van der Waals surface area contributed by atoms with E-state index < -0.39 is 0 Å². The Balaban J connectivity index is 2.03. The van der Waals surface area contributed by atoms with E-state index >= 15 is 0 Å². The minimum absolute atomic E-state index is 0.316. The molecular weight excluding hydrogens is 220 g/mol. The van der Waals surface area contributed by atoms with Gasteiger partial charge in [0.25, 0.3) is 0 Å². The molecule has 1 saturated carbocycles. The zero-order chi connectivity index (χ0) is 13.1. The van der Waals surface area contributed by atoms with Gasteiger partial charge in [-0.25, -0.2) is 0 Å². The summed E-state index contributed by atoms with van der Waals surface area (Å²) in [4.78, 5) is 0. The molecule has 0 radical (unpaired) electrons. The highest BCUT2D eigenvalue weighted by Gasteiger charge is 2.30. The van der Waals surface area contributed by atoms with E-state index in [1.807, 2.05) is 18.2 Å². The lowest BCUT2D eigenvalue weighted by Gasteiger charge is -2.24. The summed E-state index contributed by atoms with van der Waals surface area (Å²) in [6.45, 7) is 6.87. The monoisotopic (exact) mass is 242 g/mol. The molecule has 4 atom stereocenters. The molecule has 0 spiro atoms. The Morgan fingerprint density at radius 3 is 2.72 bits per heavy atom. The lowest BCUT2D eigenvalue weighted by Crippen LogP contribution is -2.34. The molecule has 0 aliphatic heterocycles. The number of nitriles is 1. The molecule has 0 saturated heterocycles. The summed E-state index contributed by atoms with van der Waals surface area (Å²) in [6, 6.07) is 11.0. The van der Waals surface area contributed by atoms with E-state index in [4.69, 9.17) is 5.26 Å². The van der Waals surface area contributed by atoms with Crippen LogP contribution in [0.3, 0.4) is 0 Å². The molecule has 0 amide bonds. The third-order valence-electron chi connectivity index (χ3n) is 4.45. The molecule has 2 rings (SSSR count). The van der Waals surface area contributed by atoms with Gasteiger partial charge in [0, 0.05) is 12.1 Å². The number of hydrogen-bond donors (Lipinski definition) is 1. The van der Waals surface area contributed by atoms with Crippen molar-refractivity contribution in [2.75, 3.05) is 0 Å². The first-order valence-electron chi connectivity index (χ1n) is 6.88. The first-order chi connectivity index (χ1) is 8.61. The van der Waals surface area contributed by atoms with Crippen molar-refractivity contribution in [1.82, 2.24) is 5.32 Å². The fourth-order valence-corrected chi connectivity index (χ4v) is 2.89. The maximum absolute atomic E-state index is 8.93. The maximum atomic E-state index is 8.93. The van der Waals surface area contributed by atoms with Crippen LogP contribution in [0, 0.1) is 23.2 Å². The minimum atomic E-state index is 0.316. The molecule has 1 aliphatic rings. The Bertz CT molecular complexity index is 447. The van der Waals surface area contributed by atoms with E-state index in [9.17, 15) is 0 Å². The molecule has 96 valence electrons. The average molecular weight is 242 g/mol. The van der Waals surface area contributed by atoms with Gasteiger partial charge in [-0.15, -0.1) is 0 Å². The van der Waals surface area contributed by atoms with Gasteiger partial charge in [0.1, 0.15) is 0 Å². The number of nitrogens with zero attached hydrogens (tertiary/aromatic N) is 1. The van der Waals surface area contributed by atoms with Crippen LogP contribution >= 0.6 is 0 Å². The van der Waals surface area contributed by atoms with Crippen LogP contribution in [0.25, 0.3) is 0 Å². The summed E-state index contributed by atoms with van der Waals surface area (Å²) in [5.41, 5.74) is 1.95. The number of rotatable bonds is 3. The smallest absolute Gasteiger partial charge is 0.0991 e. The van der Waals surface area contributed by atoms with Gasteiger partial charge in [-0.05, 0) is 49.3 Å². The Morgan fingerprint density at radius 2 is 2.11 bits per heavy atom.